The molecule has 0 saturated heterocycles. The minimum atomic E-state index is 0.591. The third kappa shape index (κ3) is 3.16. The predicted octanol–water partition coefficient (Wildman–Crippen LogP) is 3.60. The van der Waals surface area contributed by atoms with Gasteiger partial charge in [-0.1, -0.05) is 12.1 Å². The van der Waals surface area contributed by atoms with E-state index in [-0.39, 0.29) is 0 Å². The quantitative estimate of drug-likeness (QED) is 0.691. The van der Waals surface area contributed by atoms with Crippen molar-refractivity contribution in [3.05, 3.63) is 53.6 Å². The van der Waals surface area contributed by atoms with Crippen molar-refractivity contribution in [2.45, 2.75) is 13.8 Å². The molecule has 0 amide bonds. The monoisotopic (exact) mass is 282 g/mol. The third-order valence-electron chi connectivity index (χ3n) is 3.33. The standard InChI is InChI=1S/C17H18N2O2/c1-12-4-3-5-15(10-12)19-18-13(2)14-6-7-16-17(11-14)21-9-8-20-16/h3-7,10-11,19H,8-9H2,1-2H3/b18-13-. The van der Waals surface area contributed by atoms with Crippen LogP contribution in [0.2, 0.25) is 0 Å². The molecule has 0 bridgehead atoms. The summed E-state index contributed by atoms with van der Waals surface area (Å²) < 4.78 is 11.1. The molecule has 2 aromatic rings. The average molecular weight is 282 g/mol. The fourth-order valence-electron chi connectivity index (χ4n) is 2.20. The summed E-state index contributed by atoms with van der Waals surface area (Å²) in [5.41, 5.74) is 7.17. The Kier molecular flexibility index (Phi) is 3.77. The Morgan fingerprint density at radius 1 is 1.05 bits per heavy atom. The van der Waals surface area contributed by atoms with Gasteiger partial charge in [-0.15, -0.1) is 0 Å². The highest BCUT2D eigenvalue weighted by molar-refractivity contribution is 5.99. The second-order valence-corrected chi connectivity index (χ2v) is 5.04. The minimum absolute atomic E-state index is 0.591. The van der Waals surface area contributed by atoms with Gasteiger partial charge in [0.25, 0.3) is 0 Å². The van der Waals surface area contributed by atoms with Crippen molar-refractivity contribution in [1.29, 1.82) is 0 Å². The van der Waals surface area contributed by atoms with E-state index in [0.717, 1.165) is 28.5 Å². The van der Waals surface area contributed by atoms with Crippen molar-refractivity contribution in [3.8, 4) is 11.5 Å². The van der Waals surface area contributed by atoms with Gasteiger partial charge < -0.3 is 9.47 Å². The normalized spacial score (nSPS) is 13.9. The largest absolute Gasteiger partial charge is 0.486 e. The lowest BCUT2D eigenvalue weighted by molar-refractivity contribution is 0.171. The van der Waals surface area contributed by atoms with Crippen LogP contribution >= 0.6 is 0 Å². The van der Waals surface area contributed by atoms with Crippen molar-refractivity contribution in [1.82, 2.24) is 0 Å². The molecule has 21 heavy (non-hydrogen) atoms. The predicted molar refractivity (Wildman–Crippen MR) is 84.4 cm³/mol. The van der Waals surface area contributed by atoms with Gasteiger partial charge in [0.15, 0.2) is 11.5 Å². The molecule has 0 spiro atoms. The maximum absolute atomic E-state index is 5.59. The Labute approximate surface area is 124 Å². The zero-order valence-corrected chi connectivity index (χ0v) is 12.2. The maximum Gasteiger partial charge on any atom is 0.162 e. The fraction of sp³-hybridized carbons (Fsp3) is 0.235. The third-order valence-corrected chi connectivity index (χ3v) is 3.33. The zero-order valence-electron chi connectivity index (χ0n) is 12.2. The molecule has 0 radical (unpaired) electrons. The van der Waals surface area contributed by atoms with Gasteiger partial charge in [-0.2, -0.15) is 5.10 Å². The molecule has 0 atom stereocenters. The van der Waals surface area contributed by atoms with Gasteiger partial charge >= 0.3 is 0 Å². The Hall–Kier alpha value is -2.49. The first-order valence-electron chi connectivity index (χ1n) is 6.99. The van der Waals surface area contributed by atoms with Crippen molar-refractivity contribution in [2.24, 2.45) is 5.10 Å². The van der Waals surface area contributed by atoms with E-state index in [9.17, 15) is 0 Å². The summed E-state index contributed by atoms with van der Waals surface area (Å²) in [6.07, 6.45) is 0. The number of nitrogens with zero attached hydrogens (tertiary/aromatic N) is 1. The van der Waals surface area contributed by atoms with Crippen molar-refractivity contribution in [2.75, 3.05) is 18.6 Å². The topological polar surface area (TPSA) is 42.9 Å². The molecule has 0 unspecified atom stereocenters. The summed E-state index contributed by atoms with van der Waals surface area (Å²) in [4.78, 5) is 0. The number of nitrogens with one attached hydrogen (secondary N) is 1. The van der Waals surface area contributed by atoms with Crippen LogP contribution in [-0.2, 0) is 0 Å². The van der Waals surface area contributed by atoms with Crippen LogP contribution in [0.15, 0.2) is 47.6 Å². The van der Waals surface area contributed by atoms with Crippen molar-refractivity contribution in [3.63, 3.8) is 0 Å². The number of ether oxygens (including phenoxy) is 2. The molecule has 1 heterocycles. The molecule has 0 aromatic heterocycles. The highest BCUT2D eigenvalue weighted by Crippen LogP contribution is 2.30. The number of hydrazone groups is 1. The number of anilines is 1. The SMILES string of the molecule is C/C(=N/Nc1cccc(C)c1)c1ccc2c(c1)OCCO2. The fourth-order valence-corrected chi connectivity index (χ4v) is 2.20. The molecular formula is C17H18N2O2. The van der Waals surface area contributed by atoms with Crippen LogP contribution in [0.25, 0.3) is 0 Å². The number of aryl methyl sites for hydroxylation is 1. The Balaban J connectivity index is 1.78. The number of fused-ring (bicyclic) bond motifs is 1. The molecule has 4 nitrogen and oxygen atoms in total. The second kappa shape index (κ2) is 5.87. The summed E-state index contributed by atoms with van der Waals surface area (Å²) >= 11 is 0. The van der Waals surface area contributed by atoms with Crippen LogP contribution in [0.5, 0.6) is 11.5 Å². The van der Waals surface area contributed by atoms with Crippen LogP contribution in [-0.4, -0.2) is 18.9 Å². The molecule has 4 heteroatoms. The van der Waals surface area contributed by atoms with Crippen LogP contribution in [0.4, 0.5) is 5.69 Å². The van der Waals surface area contributed by atoms with E-state index in [2.05, 4.69) is 29.6 Å². The van der Waals surface area contributed by atoms with Crippen LogP contribution in [0, 0.1) is 6.92 Å². The summed E-state index contributed by atoms with van der Waals surface area (Å²) in [7, 11) is 0. The highest BCUT2D eigenvalue weighted by Gasteiger charge is 2.12. The van der Waals surface area contributed by atoms with Crippen LogP contribution in [0.3, 0.4) is 0 Å². The molecule has 0 aliphatic carbocycles. The number of rotatable bonds is 3. The molecule has 1 aliphatic heterocycles. The second-order valence-electron chi connectivity index (χ2n) is 5.04. The van der Waals surface area contributed by atoms with Gasteiger partial charge in [0, 0.05) is 5.56 Å². The van der Waals surface area contributed by atoms with E-state index in [1.54, 1.807) is 0 Å². The van der Waals surface area contributed by atoms with Gasteiger partial charge in [-0.25, -0.2) is 0 Å². The lowest BCUT2D eigenvalue weighted by atomic mass is 10.1. The first-order valence-corrected chi connectivity index (χ1v) is 6.99. The van der Waals surface area contributed by atoms with Gasteiger partial charge in [0.2, 0.25) is 0 Å². The lowest BCUT2D eigenvalue weighted by Crippen LogP contribution is -2.15. The minimum Gasteiger partial charge on any atom is -0.486 e. The van der Waals surface area contributed by atoms with Gasteiger partial charge in [0.1, 0.15) is 13.2 Å². The molecule has 2 aromatic carbocycles. The first kappa shape index (κ1) is 13.5. The zero-order chi connectivity index (χ0) is 14.7. The van der Waals surface area contributed by atoms with E-state index in [0.29, 0.717) is 13.2 Å². The first-order chi connectivity index (χ1) is 10.2. The maximum atomic E-state index is 5.59. The van der Waals surface area contributed by atoms with Gasteiger partial charge in [0.05, 0.1) is 11.4 Å². The van der Waals surface area contributed by atoms with Crippen molar-refractivity contribution < 1.29 is 9.47 Å². The molecule has 1 N–H and O–H groups in total. The summed E-state index contributed by atoms with van der Waals surface area (Å²) in [6.45, 7) is 5.22. The van der Waals surface area contributed by atoms with E-state index in [1.165, 1.54) is 5.56 Å². The summed E-state index contributed by atoms with van der Waals surface area (Å²) in [5, 5.41) is 4.42. The molecule has 3 rings (SSSR count). The molecule has 0 saturated carbocycles. The van der Waals surface area contributed by atoms with E-state index in [4.69, 9.17) is 9.47 Å². The summed E-state index contributed by atoms with van der Waals surface area (Å²) in [6, 6.07) is 14.0. The number of hydrogen-bond donors (Lipinski definition) is 1. The number of hydrogen-bond acceptors (Lipinski definition) is 4. The molecule has 0 fully saturated rings. The van der Waals surface area contributed by atoms with E-state index < -0.39 is 0 Å². The Morgan fingerprint density at radius 2 is 1.86 bits per heavy atom. The van der Waals surface area contributed by atoms with Crippen LogP contribution in [0.1, 0.15) is 18.1 Å². The van der Waals surface area contributed by atoms with E-state index in [1.807, 2.05) is 37.3 Å². The van der Waals surface area contributed by atoms with Crippen molar-refractivity contribution >= 4 is 11.4 Å². The lowest BCUT2D eigenvalue weighted by Gasteiger charge is -2.18. The molecule has 1 aliphatic rings. The van der Waals surface area contributed by atoms with Gasteiger partial charge in [-0.3, -0.25) is 5.43 Å². The summed E-state index contributed by atoms with van der Waals surface area (Å²) in [5.74, 6) is 1.58. The van der Waals surface area contributed by atoms with Gasteiger partial charge in [-0.05, 0) is 49.7 Å². The smallest absolute Gasteiger partial charge is 0.162 e. The molecule has 108 valence electrons. The highest BCUT2D eigenvalue weighted by atomic mass is 16.6. The average Bonchev–Trinajstić information content (AvgIpc) is 2.52. The number of benzene rings is 2. The Morgan fingerprint density at radius 3 is 2.67 bits per heavy atom. The Bertz CT molecular complexity index is 680. The molecular weight excluding hydrogens is 264 g/mol. The van der Waals surface area contributed by atoms with E-state index >= 15 is 0 Å². The van der Waals surface area contributed by atoms with Crippen LogP contribution < -0.4 is 14.9 Å².